The number of hydrogen-bond acceptors (Lipinski definition) is 1. The molecule has 0 bridgehead atoms. The van der Waals surface area contributed by atoms with E-state index in [9.17, 15) is 4.79 Å². The van der Waals surface area contributed by atoms with Crippen LogP contribution < -0.4 is 0 Å². The van der Waals surface area contributed by atoms with Gasteiger partial charge in [0.2, 0.25) is 0 Å². The fourth-order valence-electron chi connectivity index (χ4n) is 2.87. The fraction of sp³-hybridized carbons (Fsp3) is 0.278. The summed E-state index contributed by atoms with van der Waals surface area (Å²) in [6.07, 6.45) is 4.87. The minimum atomic E-state index is 0.0703. The summed E-state index contributed by atoms with van der Waals surface area (Å²) >= 11 is 6.31. The van der Waals surface area contributed by atoms with Gasteiger partial charge in [-0.05, 0) is 67.5 Å². The first-order valence-electron chi connectivity index (χ1n) is 7.08. The van der Waals surface area contributed by atoms with E-state index in [0.29, 0.717) is 10.6 Å². The molecule has 3 rings (SSSR count). The Kier molecular flexibility index (Phi) is 3.62. The molecule has 0 amide bonds. The van der Waals surface area contributed by atoms with Gasteiger partial charge < -0.3 is 0 Å². The Morgan fingerprint density at radius 1 is 1.00 bits per heavy atom. The first-order chi connectivity index (χ1) is 9.65. The third-order valence-corrected chi connectivity index (χ3v) is 4.36. The Bertz CT molecular complexity index is 673. The summed E-state index contributed by atoms with van der Waals surface area (Å²) in [5.74, 6) is 0.0703. The molecule has 1 aliphatic carbocycles. The lowest BCUT2D eigenvalue weighted by atomic mass is 9.89. The van der Waals surface area contributed by atoms with E-state index in [1.54, 1.807) is 13.0 Å². The zero-order chi connectivity index (χ0) is 14.1. The van der Waals surface area contributed by atoms with Crippen LogP contribution in [0.3, 0.4) is 0 Å². The molecule has 0 fully saturated rings. The number of Topliss-reactive ketones (excluding diaryl/α,β-unsaturated/α-hetero) is 1. The van der Waals surface area contributed by atoms with Crippen molar-refractivity contribution in [1.82, 2.24) is 0 Å². The van der Waals surface area contributed by atoms with E-state index in [1.807, 2.05) is 12.1 Å². The Morgan fingerprint density at radius 3 is 2.50 bits per heavy atom. The predicted molar refractivity (Wildman–Crippen MR) is 83.5 cm³/mol. The molecule has 0 aliphatic heterocycles. The number of benzene rings is 2. The number of fused-ring (bicyclic) bond motifs is 1. The second kappa shape index (κ2) is 5.41. The van der Waals surface area contributed by atoms with Crippen LogP contribution in [0.5, 0.6) is 0 Å². The second-order valence-electron chi connectivity index (χ2n) is 5.44. The summed E-state index contributed by atoms with van der Waals surface area (Å²) in [6.45, 7) is 1.58. The average Bonchev–Trinajstić information content (AvgIpc) is 2.47. The number of carbonyl (C=O) groups is 1. The van der Waals surface area contributed by atoms with Gasteiger partial charge in [-0.25, -0.2) is 0 Å². The van der Waals surface area contributed by atoms with Crippen LogP contribution in [0, 0.1) is 0 Å². The molecule has 0 spiro atoms. The van der Waals surface area contributed by atoms with Crippen molar-refractivity contribution < 1.29 is 4.79 Å². The van der Waals surface area contributed by atoms with Gasteiger partial charge in [0.05, 0.1) is 0 Å². The van der Waals surface area contributed by atoms with Crippen LogP contribution in [0.1, 0.15) is 41.3 Å². The molecular weight excluding hydrogens is 268 g/mol. The molecule has 1 aliphatic rings. The van der Waals surface area contributed by atoms with Gasteiger partial charge in [-0.2, -0.15) is 0 Å². The summed E-state index contributed by atoms with van der Waals surface area (Å²) in [5, 5.41) is 0.700. The number of carbonyl (C=O) groups excluding carboxylic acids is 1. The zero-order valence-corrected chi connectivity index (χ0v) is 12.3. The first-order valence-corrected chi connectivity index (χ1v) is 7.45. The van der Waals surface area contributed by atoms with E-state index >= 15 is 0 Å². The molecular formula is C18H17ClO. The minimum absolute atomic E-state index is 0.0703. The largest absolute Gasteiger partial charge is 0.295 e. The quantitative estimate of drug-likeness (QED) is 0.702. The number of hydrogen-bond donors (Lipinski definition) is 0. The van der Waals surface area contributed by atoms with Crippen molar-refractivity contribution in [3.05, 3.63) is 58.1 Å². The molecule has 2 aromatic rings. The lowest BCUT2D eigenvalue weighted by Gasteiger charge is -2.17. The van der Waals surface area contributed by atoms with Gasteiger partial charge in [0.1, 0.15) is 0 Å². The molecule has 20 heavy (non-hydrogen) atoms. The van der Waals surface area contributed by atoms with Crippen molar-refractivity contribution in [3.63, 3.8) is 0 Å². The van der Waals surface area contributed by atoms with Crippen LogP contribution in [0.25, 0.3) is 11.1 Å². The highest BCUT2D eigenvalue weighted by atomic mass is 35.5. The lowest BCUT2D eigenvalue weighted by Crippen LogP contribution is -2.02. The van der Waals surface area contributed by atoms with Crippen LogP contribution in [0.4, 0.5) is 0 Å². The molecule has 0 saturated heterocycles. The van der Waals surface area contributed by atoms with E-state index in [0.717, 1.165) is 17.5 Å². The molecule has 102 valence electrons. The van der Waals surface area contributed by atoms with Gasteiger partial charge in [0, 0.05) is 16.1 Å². The van der Waals surface area contributed by atoms with Crippen LogP contribution in [-0.4, -0.2) is 5.78 Å². The summed E-state index contributed by atoms with van der Waals surface area (Å²) in [6, 6.07) is 12.1. The molecule has 0 unspecified atom stereocenters. The van der Waals surface area contributed by atoms with Gasteiger partial charge >= 0.3 is 0 Å². The predicted octanol–water partition coefficient (Wildman–Crippen LogP) is 5.09. The van der Waals surface area contributed by atoms with E-state index in [2.05, 4.69) is 18.2 Å². The smallest absolute Gasteiger partial charge is 0.159 e. The highest BCUT2D eigenvalue weighted by molar-refractivity contribution is 6.33. The third kappa shape index (κ3) is 2.51. The number of rotatable bonds is 2. The molecule has 0 aromatic heterocycles. The van der Waals surface area contributed by atoms with Crippen LogP contribution in [-0.2, 0) is 12.8 Å². The molecule has 2 aromatic carbocycles. The summed E-state index contributed by atoms with van der Waals surface area (Å²) in [7, 11) is 0. The van der Waals surface area contributed by atoms with Gasteiger partial charge in [-0.15, -0.1) is 0 Å². The minimum Gasteiger partial charge on any atom is -0.295 e. The second-order valence-corrected chi connectivity index (χ2v) is 5.85. The fourth-order valence-corrected chi connectivity index (χ4v) is 3.09. The van der Waals surface area contributed by atoms with E-state index in [4.69, 9.17) is 11.6 Å². The van der Waals surface area contributed by atoms with Gasteiger partial charge in [0.15, 0.2) is 5.78 Å². The Hall–Kier alpha value is -1.60. The van der Waals surface area contributed by atoms with Crippen molar-refractivity contribution in [3.8, 4) is 11.1 Å². The maximum atomic E-state index is 11.5. The van der Waals surface area contributed by atoms with Crippen molar-refractivity contribution in [2.24, 2.45) is 0 Å². The molecule has 2 heteroatoms. The van der Waals surface area contributed by atoms with Gasteiger partial charge in [-0.1, -0.05) is 29.8 Å². The van der Waals surface area contributed by atoms with Crippen molar-refractivity contribution in [1.29, 1.82) is 0 Å². The summed E-state index contributed by atoms with van der Waals surface area (Å²) in [5.41, 5.74) is 5.66. The maximum absolute atomic E-state index is 11.5. The molecule has 0 atom stereocenters. The van der Waals surface area contributed by atoms with Crippen molar-refractivity contribution in [2.45, 2.75) is 32.6 Å². The number of aryl methyl sites for hydroxylation is 2. The monoisotopic (exact) mass is 284 g/mol. The van der Waals surface area contributed by atoms with Crippen LogP contribution in [0.15, 0.2) is 36.4 Å². The highest BCUT2D eigenvalue weighted by Crippen LogP contribution is 2.32. The molecule has 0 N–H and O–H groups in total. The van der Waals surface area contributed by atoms with E-state index in [-0.39, 0.29) is 5.78 Å². The van der Waals surface area contributed by atoms with Crippen molar-refractivity contribution in [2.75, 3.05) is 0 Å². The summed E-state index contributed by atoms with van der Waals surface area (Å²) < 4.78 is 0. The van der Waals surface area contributed by atoms with Crippen LogP contribution >= 0.6 is 11.6 Å². The van der Waals surface area contributed by atoms with Gasteiger partial charge in [0.25, 0.3) is 0 Å². The first kappa shape index (κ1) is 13.4. The standard InChI is InChI=1S/C18H17ClO/c1-12(20)14-8-9-18(19)17(11-14)16-7-6-13-4-2-3-5-15(13)10-16/h6-11H,2-5H2,1H3. The highest BCUT2D eigenvalue weighted by Gasteiger charge is 2.12. The molecule has 0 heterocycles. The molecule has 0 saturated carbocycles. The van der Waals surface area contributed by atoms with Crippen molar-refractivity contribution >= 4 is 17.4 Å². The number of ketones is 1. The summed E-state index contributed by atoms with van der Waals surface area (Å²) in [4.78, 5) is 11.5. The average molecular weight is 285 g/mol. The topological polar surface area (TPSA) is 17.1 Å². The normalized spacial score (nSPS) is 13.9. The van der Waals surface area contributed by atoms with E-state index in [1.165, 1.54) is 30.4 Å². The zero-order valence-electron chi connectivity index (χ0n) is 11.6. The Balaban J connectivity index is 2.08. The van der Waals surface area contributed by atoms with Gasteiger partial charge in [-0.3, -0.25) is 4.79 Å². The molecule has 0 radical (unpaired) electrons. The SMILES string of the molecule is CC(=O)c1ccc(Cl)c(-c2ccc3c(c2)CCCC3)c1. The van der Waals surface area contributed by atoms with Crippen LogP contribution in [0.2, 0.25) is 5.02 Å². The Labute approximate surface area is 124 Å². The Morgan fingerprint density at radius 2 is 1.75 bits per heavy atom. The lowest BCUT2D eigenvalue weighted by molar-refractivity contribution is 0.101. The molecule has 1 nitrogen and oxygen atoms in total. The number of halogens is 1. The van der Waals surface area contributed by atoms with E-state index < -0.39 is 0 Å². The third-order valence-electron chi connectivity index (χ3n) is 4.03. The maximum Gasteiger partial charge on any atom is 0.159 e.